The second kappa shape index (κ2) is 5.40. The number of halogens is 1. The standard InChI is InChI=1S/C11H13FN2O3/c1-2-8(13)10(15)14-9-5-6(12)3-4-7(9)11(16)17/h3-5,8H,2,13H2,1H3,(H,14,15)(H,16,17)/t8-/m1/s1. The van der Waals surface area contributed by atoms with Crippen molar-refractivity contribution in [1.82, 2.24) is 0 Å². The van der Waals surface area contributed by atoms with Crippen LogP contribution in [0.3, 0.4) is 0 Å². The number of rotatable bonds is 4. The molecule has 6 heteroatoms. The number of nitrogens with two attached hydrogens (primary N) is 1. The van der Waals surface area contributed by atoms with Crippen LogP contribution in [0.15, 0.2) is 18.2 Å². The number of carboxylic acids is 1. The number of benzene rings is 1. The van der Waals surface area contributed by atoms with Crippen molar-refractivity contribution in [3.63, 3.8) is 0 Å². The summed E-state index contributed by atoms with van der Waals surface area (Å²) in [7, 11) is 0. The number of nitrogens with one attached hydrogen (secondary N) is 1. The maximum Gasteiger partial charge on any atom is 0.337 e. The summed E-state index contributed by atoms with van der Waals surface area (Å²) in [5.41, 5.74) is 5.21. The van der Waals surface area contributed by atoms with Gasteiger partial charge in [-0.25, -0.2) is 9.18 Å². The van der Waals surface area contributed by atoms with Gasteiger partial charge in [0.2, 0.25) is 5.91 Å². The van der Waals surface area contributed by atoms with E-state index in [9.17, 15) is 14.0 Å². The molecule has 0 saturated carbocycles. The summed E-state index contributed by atoms with van der Waals surface area (Å²) in [5.74, 6) is -2.42. The lowest BCUT2D eigenvalue weighted by molar-refractivity contribution is -0.117. The van der Waals surface area contributed by atoms with Gasteiger partial charge in [-0.05, 0) is 24.6 Å². The molecule has 1 amide bonds. The first-order chi connectivity index (χ1) is 7.95. The Kier molecular flexibility index (Phi) is 4.17. The predicted octanol–water partition coefficient (Wildman–Crippen LogP) is 1.20. The number of carbonyl (C=O) groups is 2. The van der Waals surface area contributed by atoms with Gasteiger partial charge in [-0.1, -0.05) is 6.92 Å². The van der Waals surface area contributed by atoms with Crippen molar-refractivity contribution in [2.24, 2.45) is 5.73 Å². The van der Waals surface area contributed by atoms with Crippen molar-refractivity contribution < 1.29 is 19.1 Å². The number of carboxylic acid groups (broad SMARTS) is 1. The molecular formula is C11H13FN2O3. The molecule has 0 radical (unpaired) electrons. The van der Waals surface area contributed by atoms with Crippen molar-refractivity contribution in [3.05, 3.63) is 29.6 Å². The highest BCUT2D eigenvalue weighted by Crippen LogP contribution is 2.17. The van der Waals surface area contributed by atoms with Crippen LogP contribution in [0.2, 0.25) is 0 Å². The fourth-order valence-corrected chi connectivity index (χ4v) is 1.22. The quantitative estimate of drug-likeness (QED) is 0.737. The molecule has 0 fully saturated rings. The minimum Gasteiger partial charge on any atom is -0.478 e. The average Bonchev–Trinajstić information content (AvgIpc) is 2.27. The highest BCUT2D eigenvalue weighted by atomic mass is 19.1. The molecule has 0 aromatic heterocycles. The summed E-state index contributed by atoms with van der Waals surface area (Å²) in [5, 5.41) is 11.2. The van der Waals surface area contributed by atoms with Gasteiger partial charge in [0.05, 0.1) is 17.3 Å². The van der Waals surface area contributed by atoms with Gasteiger partial charge in [0.25, 0.3) is 0 Å². The molecule has 0 unspecified atom stereocenters. The Bertz CT molecular complexity index is 448. The molecule has 0 saturated heterocycles. The smallest absolute Gasteiger partial charge is 0.337 e. The van der Waals surface area contributed by atoms with Gasteiger partial charge in [0, 0.05) is 0 Å². The lowest BCUT2D eigenvalue weighted by Crippen LogP contribution is -2.35. The zero-order chi connectivity index (χ0) is 13.0. The Labute approximate surface area is 97.4 Å². The molecule has 1 rings (SSSR count). The summed E-state index contributed by atoms with van der Waals surface area (Å²) in [6, 6.07) is 2.30. The molecule has 1 atom stereocenters. The summed E-state index contributed by atoms with van der Waals surface area (Å²) >= 11 is 0. The summed E-state index contributed by atoms with van der Waals surface area (Å²) in [6.45, 7) is 1.72. The Morgan fingerprint density at radius 1 is 1.53 bits per heavy atom. The van der Waals surface area contributed by atoms with E-state index < -0.39 is 23.7 Å². The van der Waals surface area contributed by atoms with E-state index in [0.717, 1.165) is 18.2 Å². The molecule has 0 spiro atoms. The minimum absolute atomic E-state index is 0.0913. The number of hydrogen-bond acceptors (Lipinski definition) is 3. The predicted molar refractivity (Wildman–Crippen MR) is 60.3 cm³/mol. The minimum atomic E-state index is -1.25. The zero-order valence-electron chi connectivity index (χ0n) is 9.24. The third-order valence-electron chi connectivity index (χ3n) is 2.25. The van der Waals surface area contributed by atoms with Gasteiger partial charge in [0.1, 0.15) is 5.82 Å². The van der Waals surface area contributed by atoms with Crippen molar-refractivity contribution in [2.75, 3.05) is 5.32 Å². The second-order valence-corrected chi connectivity index (χ2v) is 3.50. The number of hydrogen-bond donors (Lipinski definition) is 3. The highest BCUT2D eigenvalue weighted by molar-refractivity contribution is 6.02. The monoisotopic (exact) mass is 240 g/mol. The van der Waals surface area contributed by atoms with Gasteiger partial charge >= 0.3 is 5.97 Å². The third-order valence-corrected chi connectivity index (χ3v) is 2.25. The second-order valence-electron chi connectivity index (χ2n) is 3.50. The lowest BCUT2D eigenvalue weighted by atomic mass is 10.1. The number of carbonyl (C=O) groups excluding carboxylic acids is 1. The first-order valence-corrected chi connectivity index (χ1v) is 5.05. The molecule has 5 nitrogen and oxygen atoms in total. The Hall–Kier alpha value is -1.95. The molecule has 0 bridgehead atoms. The van der Waals surface area contributed by atoms with Crippen LogP contribution in [0.4, 0.5) is 10.1 Å². The van der Waals surface area contributed by atoms with E-state index in [0.29, 0.717) is 6.42 Å². The molecule has 1 aromatic carbocycles. The first-order valence-electron chi connectivity index (χ1n) is 5.05. The number of anilines is 1. The van der Waals surface area contributed by atoms with Crippen molar-refractivity contribution >= 4 is 17.6 Å². The SMILES string of the molecule is CC[C@@H](N)C(=O)Nc1cc(F)ccc1C(=O)O. The summed E-state index contributed by atoms with van der Waals surface area (Å²) < 4.78 is 13.0. The summed E-state index contributed by atoms with van der Waals surface area (Å²) in [4.78, 5) is 22.3. The molecule has 0 aliphatic heterocycles. The van der Waals surface area contributed by atoms with Gasteiger partial charge in [0.15, 0.2) is 0 Å². The Morgan fingerprint density at radius 2 is 2.18 bits per heavy atom. The van der Waals surface area contributed by atoms with Gasteiger partial charge < -0.3 is 16.2 Å². The van der Waals surface area contributed by atoms with Crippen LogP contribution in [-0.2, 0) is 4.79 Å². The Morgan fingerprint density at radius 3 is 2.71 bits per heavy atom. The van der Waals surface area contributed by atoms with E-state index in [1.165, 1.54) is 0 Å². The molecule has 1 aromatic rings. The van der Waals surface area contributed by atoms with Crippen molar-refractivity contribution in [3.8, 4) is 0 Å². The van der Waals surface area contributed by atoms with Crippen LogP contribution < -0.4 is 11.1 Å². The van der Waals surface area contributed by atoms with E-state index in [2.05, 4.69) is 5.32 Å². The van der Waals surface area contributed by atoms with Crippen LogP contribution in [0.5, 0.6) is 0 Å². The van der Waals surface area contributed by atoms with Crippen molar-refractivity contribution in [1.29, 1.82) is 0 Å². The lowest BCUT2D eigenvalue weighted by Gasteiger charge is -2.12. The van der Waals surface area contributed by atoms with Crippen LogP contribution >= 0.6 is 0 Å². The van der Waals surface area contributed by atoms with Crippen LogP contribution in [0.1, 0.15) is 23.7 Å². The summed E-state index contributed by atoms with van der Waals surface area (Å²) in [6.07, 6.45) is 0.406. The first kappa shape index (κ1) is 13.1. The highest BCUT2D eigenvalue weighted by Gasteiger charge is 2.16. The van der Waals surface area contributed by atoms with Crippen LogP contribution in [0.25, 0.3) is 0 Å². The largest absolute Gasteiger partial charge is 0.478 e. The van der Waals surface area contributed by atoms with E-state index in [1.807, 2.05) is 0 Å². The maximum atomic E-state index is 13.0. The zero-order valence-corrected chi connectivity index (χ0v) is 9.24. The fraction of sp³-hybridized carbons (Fsp3) is 0.273. The van der Waals surface area contributed by atoms with Crippen molar-refractivity contribution in [2.45, 2.75) is 19.4 Å². The average molecular weight is 240 g/mol. The van der Waals surface area contributed by atoms with Crippen LogP contribution in [0, 0.1) is 5.82 Å². The maximum absolute atomic E-state index is 13.0. The van der Waals surface area contributed by atoms with Crippen LogP contribution in [-0.4, -0.2) is 23.0 Å². The number of amides is 1. The van der Waals surface area contributed by atoms with E-state index in [1.54, 1.807) is 6.92 Å². The van der Waals surface area contributed by atoms with Gasteiger partial charge in [-0.2, -0.15) is 0 Å². The molecule has 4 N–H and O–H groups in total. The van der Waals surface area contributed by atoms with Gasteiger partial charge in [-0.3, -0.25) is 4.79 Å². The Balaban J connectivity index is 3.00. The molecule has 0 aliphatic rings. The molecular weight excluding hydrogens is 227 g/mol. The fourth-order valence-electron chi connectivity index (χ4n) is 1.22. The topological polar surface area (TPSA) is 92.4 Å². The number of aromatic carboxylic acids is 1. The van der Waals surface area contributed by atoms with E-state index in [-0.39, 0.29) is 11.3 Å². The normalized spacial score (nSPS) is 11.9. The molecule has 17 heavy (non-hydrogen) atoms. The van der Waals surface area contributed by atoms with E-state index in [4.69, 9.17) is 10.8 Å². The third kappa shape index (κ3) is 3.25. The van der Waals surface area contributed by atoms with E-state index >= 15 is 0 Å². The molecule has 0 heterocycles. The molecule has 0 aliphatic carbocycles. The molecule has 92 valence electrons. The van der Waals surface area contributed by atoms with Gasteiger partial charge in [-0.15, -0.1) is 0 Å².